The van der Waals surface area contributed by atoms with Crippen molar-refractivity contribution >= 4 is 21.6 Å². The number of nitro benzene ring substituents is 1. The lowest BCUT2D eigenvalue weighted by Gasteiger charge is -2.34. The number of amides is 1. The van der Waals surface area contributed by atoms with Crippen molar-refractivity contribution < 1.29 is 18.1 Å². The number of nitro groups is 1. The molecule has 0 unspecified atom stereocenters. The lowest BCUT2D eigenvalue weighted by molar-refractivity contribution is -0.385. The summed E-state index contributed by atoms with van der Waals surface area (Å²) >= 11 is 0. The summed E-state index contributed by atoms with van der Waals surface area (Å²) in [5.74, 6) is -0.0127. The summed E-state index contributed by atoms with van der Waals surface area (Å²) in [5.41, 5.74) is 1.12. The fourth-order valence-electron chi connectivity index (χ4n) is 3.24. The van der Waals surface area contributed by atoms with Gasteiger partial charge in [0.2, 0.25) is 15.9 Å². The molecule has 29 heavy (non-hydrogen) atoms. The Labute approximate surface area is 171 Å². The summed E-state index contributed by atoms with van der Waals surface area (Å²) in [5, 5.41) is 11.0. The molecule has 0 saturated carbocycles. The summed E-state index contributed by atoms with van der Waals surface area (Å²) in [6.45, 7) is 11.9. The molecule has 9 nitrogen and oxygen atoms in total. The number of hydrogen-bond acceptors (Lipinski definition) is 6. The van der Waals surface area contributed by atoms with Crippen LogP contribution in [0.15, 0.2) is 35.2 Å². The van der Waals surface area contributed by atoms with Gasteiger partial charge in [-0.2, -0.15) is 4.31 Å². The van der Waals surface area contributed by atoms with E-state index in [1.54, 1.807) is 11.8 Å². The minimum absolute atomic E-state index is 0.0127. The second-order valence-corrected chi connectivity index (χ2v) is 9.16. The number of likely N-dealkylation sites (N-methyl/N-ethyl adjacent to an activating group) is 1. The van der Waals surface area contributed by atoms with Crippen LogP contribution in [0, 0.1) is 17.0 Å². The molecule has 0 aromatic heterocycles. The van der Waals surface area contributed by atoms with Gasteiger partial charge in [0.05, 0.1) is 16.4 Å². The van der Waals surface area contributed by atoms with Crippen LogP contribution in [0.25, 0.3) is 0 Å². The average molecular weight is 425 g/mol. The third-order valence-corrected chi connectivity index (χ3v) is 6.93. The predicted octanol–water partition coefficient (Wildman–Crippen LogP) is 1.63. The molecule has 1 saturated heterocycles. The summed E-state index contributed by atoms with van der Waals surface area (Å²) in [6, 6.07) is 3.85. The van der Waals surface area contributed by atoms with Crippen LogP contribution in [0.1, 0.15) is 19.4 Å². The van der Waals surface area contributed by atoms with Gasteiger partial charge >= 0.3 is 0 Å². The van der Waals surface area contributed by atoms with E-state index in [4.69, 9.17) is 0 Å². The van der Waals surface area contributed by atoms with Gasteiger partial charge in [0.15, 0.2) is 0 Å². The Morgan fingerprint density at radius 3 is 2.41 bits per heavy atom. The first-order valence-electron chi connectivity index (χ1n) is 9.46. The molecule has 1 aromatic carbocycles. The van der Waals surface area contributed by atoms with E-state index in [1.807, 2.05) is 18.7 Å². The molecule has 0 bridgehead atoms. The van der Waals surface area contributed by atoms with Gasteiger partial charge < -0.3 is 4.90 Å². The Morgan fingerprint density at radius 2 is 1.90 bits per heavy atom. The molecule has 1 fully saturated rings. The van der Waals surface area contributed by atoms with Crippen molar-refractivity contribution in [3.05, 3.63) is 46.0 Å². The monoisotopic (exact) mass is 424 g/mol. The molecule has 160 valence electrons. The molecular weight excluding hydrogens is 396 g/mol. The Morgan fingerprint density at radius 1 is 1.28 bits per heavy atom. The molecule has 2 rings (SSSR count). The van der Waals surface area contributed by atoms with E-state index in [-0.39, 0.29) is 36.1 Å². The third kappa shape index (κ3) is 5.62. The molecular formula is C19H28N4O5S. The number of rotatable bonds is 8. The minimum atomic E-state index is -3.84. The molecule has 0 radical (unpaired) electrons. The van der Waals surface area contributed by atoms with Crippen molar-refractivity contribution in [2.75, 3.05) is 45.8 Å². The maximum Gasteiger partial charge on any atom is 0.270 e. The molecule has 0 spiro atoms. The zero-order valence-electron chi connectivity index (χ0n) is 17.1. The summed E-state index contributed by atoms with van der Waals surface area (Å²) in [6.07, 6.45) is 0. The Balaban J connectivity index is 2.05. The maximum atomic E-state index is 13.0. The molecule has 1 heterocycles. The van der Waals surface area contributed by atoms with Gasteiger partial charge in [0, 0.05) is 51.4 Å². The number of non-ortho nitro benzene ring substituents is 1. The van der Waals surface area contributed by atoms with Crippen LogP contribution < -0.4 is 0 Å². The smallest absolute Gasteiger partial charge is 0.270 e. The van der Waals surface area contributed by atoms with Crippen LogP contribution in [-0.4, -0.2) is 79.2 Å². The highest BCUT2D eigenvalue weighted by Crippen LogP contribution is 2.25. The van der Waals surface area contributed by atoms with Gasteiger partial charge in [-0.05, 0) is 26.3 Å². The van der Waals surface area contributed by atoms with Crippen LogP contribution >= 0.6 is 0 Å². The number of sulfonamides is 1. The van der Waals surface area contributed by atoms with E-state index in [1.165, 1.54) is 16.4 Å². The standard InChI is InChI=1S/C19H28N4O5S/c1-5-21(13-15(2)3)19(24)14-20-8-10-22(11-9-20)29(27,28)18-12-17(23(25)26)7-6-16(18)4/h6-7,12H,2,5,8-11,13-14H2,1,3-4H3. The lowest BCUT2D eigenvalue weighted by atomic mass is 10.2. The molecule has 1 aromatic rings. The van der Waals surface area contributed by atoms with Crippen molar-refractivity contribution in [3.63, 3.8) is 0 Å². The molecule has 0 N–H and O–H groups in total. The Kier molecular flexibility index (Phi) is 7.50. The number of piperazine rings is 1. The second kappa shape index (κ2) is 9.47. The normalized spacial score (nSPS) is 15.8. The molecule has 0 aliphatic carbocycles. The van der Waals surface area contributed by atoms with E-state index >= 15 is 0 Å². The van der Waals surface area contributed by atoms with Crippen LogP contribution in [0.3, 0.4) is 0 Å². The Bertz CT molecular complexity index is 892. The lowest BCUT2D eigenvalue weighted by Crippen LogP contribution is -2.51. The second-order valence-electron chi connectivity index (χ2n) is 7.25. The topological polar surface area (TPSA) is 104 Å². The number of nitrogens with zero attached hydrogens (tertiary/aromatic N) is 4. The molecule has 0 atom stereocenters. The third-order valence-electron chi connectivity index (χ3n) is 4.89. The summed E-state index contributed by atoms with van der Waals surface area (Å²) < 4.78 is 27.3. The van der Waals surface area contributed by atoms with Gasteiger partial charge in [0.1, 0.15) is 0 Å². The number of aryl methyl sites for hydroxylation is 1. The van der Waals surface area contributed by atoms with Crippen molar-refractivity contribution in [1.29, 1.82) is 0 Å². The van der Waals surface area contributed by atoms with Gasteiger partial charge in [-0.3, -0.25) is 19.8 Å². The maximum absolute atomic E-state index is 13.0. The van der Waals surface area contributed by atoms with E-state index in [9.17, 15) is 23.3 Å². The first-order valence-corrected chi connectivity index (χ1v) is 10.9. The van der Waals surface area contributed by atoms with E-state index in [2.05, 4.69) is 6.58 Å². The highest BCUT2D eigenvalue weighted by Gasteiger charge is 2.31. The van der Waals surface area contributed by atoms with E-state index in [0.29, 0.717) is 31.7 Å². The van der Waals surface area contributed by atoms with Crippen molar-refractivity contribution in [2.24, 2.45) is 0 Å². The molecule has 1 aliphatic heterocycles. The highest BCUT2D eigenvalue weighted by molar-refractivity contribution is 7.89. The molecule has 1 amide bonds. The largest absolute Gasteiger partial charge is 0.338 e. The van der Waals surface area contributed by atoms with Crippen molar-refractivity contribution in [2.45, 2.75) is 25.7 Å². The van der Waals surface area contributed by atoms with Gasteiger partial charge in [-0.1, -0.05) is 18.2 Å². The first kappa shape index (κ1) is 23.0. The van der Waals surface area contributed by atoms with Crippen molar-refractivity contribution in [3.8, 4) is 0 Å². The summed E-state index contributed by atoms with van der Waals surface area (Å²) in [4.78, 5) is 26.5. The number of benzene rings is 1. The minimum Gasteiger partial charge on any atom is -0.338 e. The SMILES string of the molecule is C=C(C)CN(CC)C(=O)CN1CCN(S(=O)(=O)c2cc([N+](=O)[O-])ccc2C)CC1. The first-order chi connectivity index (χ1) is 13.6. The van der Waals surface area contributed by atoms with E-state index in [0.717, 1.165) is 11.6 Å². The van der Waals surface area contributed by atoms with E-state index < -0.39 is 14.9 Å². The molecule has 1 aliphatic rings. The van der Waals surface area contributed by atoms with Crippen LogP contribution in [0.4, 0.5) is 5.69 Å². The fourth-order valence-corrected chi connectivity index (χ4v) is 4.91. The van der Waals surface area contributed by atoms with Crippen molar-refractivity contribution in [1.82, 2.24) is 14.1 Å². The van der Waals surface area contributed by atoms with Crippen LogP contribution in [0.5, 0.6) is 0 Å². The number of carbonyl (C=O) groups excluding carboxylic acids is 1. The predicted molar refractivity (Wildman–Crippen MR) is 110 cm³/mol. The zero-order chi connectivity index (χ0) is 21.8. The average Bonchev–Trinajstić information content (AvgIpc) is 2.66. The number of carbonyl (C=O) groups is 1. The quantitative estimate of drug-likeness (QED) is 0.357. The molecule has 10 heteroatoms. The van der Waals surface area contributed by atoms with Gasteiger partial charge in [-0.25, -0.2) is 8.42 Å². The van der Waals surface area contributed by atoms with Crippen LogP contribution in [0.2, 0.25) is 0 Å². The zero-order valence-corrected chi connectivity index (χ0v) is 17.9. The number of hydrogen-bond donors (Lipinski definition) is 0. The highest BCUT2D eigenvalue weighted by atomic mass is 32.2. The fraction of sp³-hybridized carbons (Fsp3) is 0.526. The van der Waals surface area contributed by atoms with Crippen LogP contribution in [-0.2, 0) is 14.8 Å². The summed E-state index contributed by atoms with van der Waals surface area (Å²) in [7, 11) is -3.84. The van der Waals surface area contributed by atoms with Gasteiger partial charge in [0.25, 0.3) is 5.69 Å². The van der Waals surface area contributed by atoms with Gasteiger partial charge in [-0.15, -0.1) is 0 Å². The Hall–Kier alpha value is -2.30.